The van der Waals surface area contributed by atoms with Gasteiger partial charge in [0.1, 0.15) is 6.61 Å². The Morgan fingerprint density at radius 1 is 1.08 bits per heavy atom. The maximum absolute atomic E-state index is 13.9. The van der Waals surface area contributed by atoms with Gasteiger partial charge in [0.2, 0.25) is 11.6 Å². The lowest BCUT2D eigenvalue weighted by Crippen LogP contribution is -2.29. The molecule has 26 heavy (non-hydrogen) atoms. The van der Waals surface area contributed by atoms with E-state index in [0.29, 0.717) is 12.5 Å². The van der Waals surface area contributed by atoms with Gasteiger partial charge in [0.25, 0.3) is 0 Å². The van der Waals surface area contributed by atoms with Crippen LogP contribution in [0.5, 0.6) is 11.5 Å². The van der Waals surface area contributed by atoms with Crippen molar-refractivity contribution in [1.29, 1.82) is 0 Å². The van der Waals surface area contributed by atoms with Crippen LogP contribution >= 0.6 is 0 Å². The third-order valence-electron chi connectivity index (χ3n) is 4.67. The Bertz CT molecular complexity index is 751. The van der Waals surface area contributed by atoms with Crippen LogP contribution in [0.4, 0.5) is 8.78 Å². The SMILES string of the molecule is C=Cc1ccc(C2CCC(COc3ccc(OC)c(F)c3F)OC2)cc1. The summed E-state index contributed by atoms with van der Waals surface area (Å²) in [6.07, 6.45) is 3.44. The Balaban J connectivity index is 1.53. The quantitative estimate of drug-likeness (QED) is 0.729. The zero-order chi connectivity index (χ0) is 18.5. The number of hydrogen-bond donors (Lipinski definition) is 0. The van der Waals surface area contributed by atoms with Crippen LogP contribution in [0.3, 0.4) is 0 Å². The molecule has 0 saturated carbocycles. The molecule has 1 aliphatic heterocycles. The van der Waals surface area contributed by atoms with E-state index in [1.165, 1.54) is 24.8 Å². The van der Waals surface area contributed by atoms with Gasteiger partial charge in [0.05, 0.1) is 19.8 Å². The first-order valence-corrected chi connectivity index (χ1v) is 8.61. The molecule has 138 valence electrons. The van der Waals surface area contributed by atoms with Gasteiger partial charge in [-0.15, -0.1) is 0 Å². The number of ether oxygens (including phenoxy) is 3. The van der Waals surface area contributed by atoms with Gasteiger partial charge >= 0.3 is 0 Å². The third kappa shape index (κ3) is 4.05. The molecule has 3 nitrogen and oxygen atoms in total. The second-order valence-electron chi connectivity index (χ2n) is 6.31. The van der Waals surface area contributed by atoms with Gasteiger partial charge in [-0.1, -0.05) is 36.9 Å². The molecule has 0 bridgehead atoms. The first-order valence-electron chi connectivity index (χ1n) is 8.61. The fraction of sp³-hybridized carbons (Fsp3) is 0.333. The normalized spacial score (nSPS) is 19.8. The van der Waals surface area contributed by atoms with Crippen molar-refractivity contribution in [1.82, 2.24) is 0 Å². The smallest absolute Gasteiger partial charge is 0.204 e. The topological polar surface area (TPSA) is 27.7 Å². The predicted molar refractivity (Wildman–Crippen MR) is 96.7 cm³/mol. The average Bonchev–Trinajstić information content (AvgIpc) is 2.70. The van der Waals surface area contributed by atoms with Crippen molar-refractivity contribution < 1.29 is 23.0 Å². The molecule has 0 spiro atoms. The summed E-state index contributed by atoms with van der Waals surface area (Å²) in [5, 5.41) is 0. The molecular formula is C21H22F2O3. The van der Waals surface area contributed by atoms with E-state index in [9.17, 15) is 8.78 Å². The molecule has 1 heterocycles. The molecule has 1 saturated heterocycles. The third-order valence-corrected chi connectivity index (χ3v) is 4.67. The molecule has 0 aromatic heterocycles. The highest BCUT2D eigenvalue weighted by Crippen LogP contribution is 2.30. The van der Waals surface area contributed by atoms with E-state index in [1.807, 2.05) is 18.2 Å². The van der Waals surface area contributed by atoms with E-state index >= 15 is 0 Å². The van der Waals surface area contributed by atoms with Crippen molar-refractivity contribution in [3.63, 3.8) is 0 Å². The fourth-order valence-electron chi connectivity index (χ4n) is 3.07. The van der Waals surface area contributed by atoms with Crippen molar-refractivity contribution in [3.05, 3.63) is 65.7 Å². The molecule has 2 atom stereocenters. The molecule has 2 unspecified atom stereocenters. The molecule has 0 N–H and O–H groups in total. The number of methoxy groups -OCH3 is 1. The summed E-state index contributed by atoms with van der Waals surface area (Å²) >= 11 is 0. The lowest BCUT2D eigenvalue weighted by molar-refractivity contribution is -0.0219. The minimum Gasteiger partial charge on any atom is -0.494 e. The largest absolute Gasteiger partial charge is 0.494 e. The van der Waals surface area contributed by atoms with Crippen LogP contribution in [0.15, 0.2) is 43.0 Å². The highest BCUT2D eigenvalue weighted by Gasteiger charge is 2.24. The summed E-state index contributed by atoms with van der Waals surface area (Å²) in [6, 6.07) is 11.0. The maximum Gasteiger partial charge on any atom is 0.204 e. The van der Waals surface area contributed by atoms with Crippen molar-refractivity contribution in [3.8, 4) is 11.5 Å². The highest BCUT2D eigenvalue weighted by atomic mass is 19.2. The molecule has 0 radical (unpaired) electrons. The number of benzene rings is 2. The molecule has 0 aliphatic carbocycles. The van der Waals surface area contributed by atoms with Crippen LogP contribution in [-0.2, 0) is 4.74 Å². The second kappa shape index (κ2) is 8.32. The van der Waals surface area contributed by atoms with E-state index in [1.54, 1.807) is 0 Å². The number of halogens is 2. The van der Waals surface area contributed by atoms with Crippen LogP contribution in [0.25, 0.3) is 6.08 Å². The van der Waals surface area contributed by atoms with Gasteiger partial charge in [0.15, 0.2) is 11.5 Å². The molecule has 2 aromatic carbocycles. The van der Waals surface area contributed by atoms with Crippen molar-refractivity contribution in [2.45, 2.75) is 24.9 Å². The Morgan fingerprint density at radius 2 is 1.77 bits per heavy atom. The Hall–Kier alpha value is -2.40. The standard InChI is InChI=1S/C21H22F2O3/c1-3-14-4-6-15(7-5-14)16-8-9-17(25-12-16)13-26-19-11-10-18(24-2)20(22)21(19)23/h3-7,10-11,16-17H,1,8-9,12-13H2,2H3. The Kier molecular flexibility index (Phi) is 5.89. The molecule has 1 fully saturated rings. The molecular weight excluding hydrogens is 338 g/mol. The summed E-state index contributed by atoms with van der Waals surface area (Å²) < 4.78 is 43.6. The van der Waals surface area contributed by atoms with Crippen molar-refractivity contribution in [2.75, 3.05) is 20.3 Å². The van der Waals surface area contributed by atoms with Crippen LogP contribution < -0.4 is 9.47 Å². The molecule has 2 aromatic rings. The summed E-state index contributed by atoms with van der Waals surface area (Å²) in [5.41, 5.74) is 2.32. The maximum atomic E-state index is 13.9. The van der Waals surface area contributed by atoms with Gasteiger partial charge in [-0.05, 0) is 36.1 Å². The van der Waals surface area contributed by atoms with Gasteiger partial charge < -0.3 is 14.2 Å². The summed E-state index contributed by atoms with van der Waals surface area (Å²) in [6.45, 7) is 4.52. The van der Waals surface area contributed by atoms with E-state index < -0.39 is 11.6 Å². The summed E-state index contributed by atoms with van der Waals surface area (Å²) in [5.74, 6) is -2.03. The van der Waals surface area contributed by atoms with E-state index in [4.69, 9.17) is 14.2 Å². The van der Waals surface area contributed by atoms with Crippen molar-refractivity contribution >= 4 is 6.08 Å². The van der Waals surface area contributed by atoms with Crippen LogP contribution in [0.1, 0.15) is 29.9 Å². The summed E-state index contributed by atoms with van der Waals surface area (Å²) in [7, 11) is 1.29. The number of hydrogen-bond acceptors (Lipinski definition) is 3. The minimum atomic E-state index is -1.04. The predicted octanol–water partition coefficient (Wildman–Crippen LogP) is 4.96. The monoisotopic (exact) mass is 360 g/mol. The lowest BCUT2D eigenvalue weighted by Gasteiger charge is -2.29. The van der Waals surface area contributed by atoms with Crippen molar-refractivity contribution in [2.24, 2.45) is 0 Å². The van der Waals surface area contributed by atoms with Crippen LogP contribution in [-0.4, -0.2) is 26.4 Å². The molecule has 0 amide bonds. The van der Waals surface area contributed by atoms with Gasteiger partial charge in [-0.25, -0.2) is 0 Å². The zero-order valence-corrected chi connectivity index (χ0v) is 14.7. The van der Waals surface area contributed by atoms with Crippen LogP contribution in [0, 0.1) is 11.6 Å². The second-order valence-corrected chi connectivity index (χ2v) is 6.31. The van der Waals surface area contributed by atoms with Gasteiger partial charge in [-0.3, -0.25) is 0 Å². The Labute approximate surface area is 152 Å². The van der Waals surface area contributed by atoms with E-state index in [2.05, 4.69) is 18.7 Å². The first kappa shape index (κ1) is 18.4. The van der Waals surface area contributed by atoms with Crippen LogP contribution in [0.2, 0.25) is 0 Å². The minimum absolute atomic E-state index is 0.131. The lowest BCUT2D eigenvalue weighted by atomic mass is 9.91. The van der Waals surface area contributed by atoms with E-state index in [0.717, 1.165) is 18.4 Å². The number of rotatable bonds is 6. The molecule has 3 rings (SSSR count). The Morgan fingerprint density at radius 3 is 2.38 bits per heavy atom. The molecule has 1 aliphatic rings. The van der Waals surface area contributed by atoms with Gasteiger partial charge in [-0.2, -0.15) is 8.78 Å². The van der Waals surface area contributed by atoms with Gasteiger partial charge in [0, 0.05) is 5.92 Å². The molecule has 5 heteroatoms. The highest BCUT2D eigenvalue weighted by molar-refractivity contribution is 5.47. The fourth-order valence-corrected chi connectivity index (χ4v) is 3.07. The van der Waals surface area contributed by atoms with E-state index in [-0.39, 0.29) is 24.2 Å². The average molecular weight is 360 g/mol. The summed E-state index contributed by atoms with van der Waals surface area (Å²) in [4.78, 5) is 0. The first-order chi connectivity index (χ1) is 12.6. The zero-order valence-electron chi connectivity index (χ0n) is 14.7.